The van der Waals surface area contributed by atoms with Crippen molar-refractivity contribution in [2.45, 2.75) is 32.7 Å². The first-order chi connectivity index (χ1) is 10.5. The second-order valence-electron chi connectivity index (χ2n) is 5.74. The number of benzene rings is 2. The first-order valence-corrected chi connectivity index (χ1v) is 8.56. The number of aryl methyl sites for hydroxylation is 2. The third-order valence-electron chi connectivity index (χ3n) is 3.97. The summed E-state index contributed by atoms with van der Waals surface area (Å²) in [6.45, 7) is 4.29. The Morgan fingerprint density at radius 3 is 2.77 bits per heavy atom. The van der Waals surface area contributed by atoms with Gasteiger partial charge in [-0.1, -0.05) is 35.4 Å². The molecule has 1 heterocycles. The van der Waals surface area contributed by atoms with Crippen LogP contribution in [0.25, 0.3) is 0 Å². The lowest BCUT2D eigenvalue weighted by molar-refractivity contribution is 0.717. The van der Waals surface area contributed by atoms with Crippen LogP contribution in [0.15, 0.2) is 45.9 Å². The minimum atomic E-state index is 0.258. The highest BCUT2D eigenvalue weighted by Crippen LogP contribution is 2.33. The van der Waals surface area contributed by atoms with Gasteiger partial charge in [0.15, 0.2) is 0 Å². The van der Waals surface area contributed by atoms with E-state index in [0.717, 1.165) is 33.9 Å². The highest BCUT2D eigenvalue weighted by molar-refractivity contribution is 9.10. The van der Waals surface area contributed by atoms with Crippen LogP contribution in [0.2, 0.25) is 5.02 Å². The fourth-order valence-corrected chi connectivity index (χ4v) is 3.56. The zero-order valence-electron chi connectivity index (χ0n) is 12.7. The largest absolute Gasteiger partial charge is 0.343 e. The lowest BCUT2D eigenvalue weighted by Crippen LogP contribution is -2.08. The summed E-state index contributed by atoms with van der Waals surface area (Å²) in [6.07, 6.45) is 2.02. The van der Waals surface area contributed by atoms with E-state index in [1.165, 1.54) is 16.7 Å². The fraction of sp³-hybridized carbons (Fsp3) is 0.278. The van der Waals surface area contributed by atoms with Gasteiger partial charge in [0.05, 0.1) is 11.7 Å². The highest BCUT2D eigenvalue weighted by Gasteiger charge is 2.21. The highest BCUT2D eigenvalue weighted by atomic mass is 79.9. The smallest absolute Gasteiger partial charge is 0.102 e. The molecule has 1 unspecified atom stereocenters. The Kier molecular flexibility index (Phi) is 4.55. The number of nitrogens with zero attached hydrogens (tertiary/aromatic N) is 1. The van der Waals surface area contributed by atoms with Crippen LogP contribution in [0.1, 0.15) is 35.6 Å². The maximum absolute atomic E-state index is 5.98. The number of halogens is 2. The summed E-state index contributed by atoms with van der Waals surface area (Å²) in [5.41, 5.74) is 4.95. The van der Waals surface area contributed by atoms with Gasteiger partial charge < -0.3 is 5.32 Å². The average molecular weight is 378 g/mol. The van der Waals surface area contributed by atoms with E-state index in [1.807, 2.05) is 18.2 Å². The van der Waals surface area contributed by atoms with Crippen molar-refractivity contribution in [3.63, 3.8) is 0 Å². The molecule has 4 heteroatoms. The van der Waals surface area contributed by atoms with E-state index in [0.29, 0.717) is 0 Å². The molecule has 2 nitrogen and oxygen atoms in total. The zero-order chi connectivity index (χ0) is 15.7. The van der Waals surface area contributed by atoms with Gasteiger partial charge in [-0.15, -0.1) is 0 Å². The van der Waals surface area contributed by atoms with Crippen LogP contribution in [0.3, 0.4) is 0 Å². The standard InChI is InChI=1S/C18H18BrClN2/c1-11-3-4-12(2)14(9-11)16-7-8-18(21-16)22-17-6-5-13(20)10-15(17)19/h3-6,9-10,16H,7-8H2,1-2H3,(H,21,22). The Morgan fingerprint density at radius 1 is 1.18 bits per heavy atom. The van der Waals surface area contributed by atoms with Gasteiger partial charge in [-0.3, -0.25) is 4.99 Å². The summed E-state index contributed by atoms with van der Waals surface area (Å²) in [7, 11) is 0. The second kappa shape index (κ2) is 6.43. The number of hydrogen-bond donors (Lipinski definition) is 1. The van der Waals surface area contributed by atoms with Gasteiger partial charge in [0.1, 0.15) is 5.84 Å². The first-order valence-electron chi connectivity index (χ1n) is 7.39. The number of aliphatic imine (C=N–C) groups is 1. The molecule has 3 rings (SSSR count). The van der Waals surface area contributed by atoms with Crippen LogP contribution in [0.4, 0.5) is 5.69 Å². The summed E-state index contributed by atoms with van der Waals surface area (Å²) in [4.78, 5) is 4.87. The molecule has 2 aromatic carbocycles. The Balaban J connectivity index is 1.81. The number of hydrogen-bond acceptors (Lipinski definition) is 2. The van der Waals surface area contributed by atoms with E-state index in [9.17, 15) is 0 Å². The topological polar surface area (TPSA) is 24.4 Å². The van der Waals surface area contributed by atoms with Gasteiger partial charge in [0, 0.05) is 15.9 Å². The lowest BCUT2D eigenvalue weighted by atomic mass is 9.98. The maximum Gasteiger partial charge on any atom is 0.102 e. The van der Waals surface area contributed by atoms with Crippen molar-refractivity contribution < 1.29 is 0 Å². The monoisotopic (exact) mass is 376 g/mol. The van der Waals surface area contributed by atoms with Gasteiger partial charge in [0.2, 0.25) is 0 Å². The Hall–Kier alpha value is -1.32. The van der Waals surface area contributed by atoms with Gasteiger partial charge >= 0.3 is 0 Å². The molecule has 114 valence electrons. The Morgan fingerprint density at radius 2 is 2.00 bits per heavy atom. The van der Waals surface area contributed by atoms with Crippen LogP contribution in [0, 0.1) is 13.8 Å². The summed E-state index contributed by atoms with van der Waals surface area (Å²) < 4.78 is 0.956. The maximum atomic E-state index is 5.98. The quantitative estimate of drug-likeness (QED) is 0.675. The fourth-order valence-electron chi connectivity index (χ4n) is 2.78. The molecule has 0 saturated carbocycles. The van der Waals surface area contributed by atoms with Crippen LogP contribution < -0.4 is 5.32 Å². The minimum Gasteiger partial charge on any atom is -0.343 e. The molecule has 0 radical (unpaired) electrons. The Bertz CT molecular complexity index is 740. The van der Waals surface area contributed by atoms with E-state index in [4.69, 9.17) is 16.6 Å². The predicted octanol–water partition coefficient (Wildman–Crippen LogP) is 6.06. The summed E-state index contributed by atoms with van der Waals surface area (Å²) >= 11 is 9.51. The van der Waals surface area contributed by atoms with Crippen molar-refractivity contribution in [1.82, 2.24) is 0 Å². The molecule has 1 N–H and O–H groups in total. The SMILES string of the molecule is Cc1ccc(C)c(C2CCC(Nc3ccc(Cl)cc3Br)=N2)c1. The van der Waals surface area contributed by atoms with Crippen LogP contribution >= 0.6 is 27.5 Å². The zero-order valence-corrected chi connectivity index (χ0v) is 15.0. The predicted molar refractivity (Wildman–Crippen MR) is 98.1 cm³/mol. The molecule has 0 bridgehead atoms. The number of amidine groups is 1. The van der Waals surface area contributed by atoms with Gasteiger partial charge in [-0.2, -0.15) is 0 Å². The number of nitrogens with one attached hydrogen (secondary N) is 1. The molecule has 1 aliphatic rings. The molecule has 0 amide bonds. The van der Waals surface area contributed by atoms with Crippen LogP contribution in [-0.4, -0.2) is 5.84 Å². The molecule has 0 aliphatic carbocycles. The van der Waals surface area contributed by atoms with Crippen molar-refractivity contribution in [1.29, 1.82) is 0 Å². The second-order valence-corrected chi connectivity index (χ2v) is 7.03. The molecule has 1 aliphatic heterocycles. The normalized spacial score (nSPS) is 17.5. The molecule has 0 saturated heterocycles. The third-order valence-corrected chi connectivity index (χ3v) is 4.86. The van der Waals surface area contributed by atoms with Crippen LogP contribution in [-0.2, 0) is 0 Å². The van der Waals surface area contributed by atoms with E-state index in [2.05, 4.69) is 53.3 Å². The molecule has 1 atom stereocenters. The molecular weight excluding hydrogens is 360 g/mol. The van der Waals surface area contributed by atoms with E-state index in [-0.39, 0.29) is 6.04 Å². The average Bonchev–Trinajstić information content (AvgIpc) is 2.93. The molecule has 0 aromatic heterocycles. The van der Waals surface area contributed by atoms with Crippen molar-refractivity contribution in [3.8, 4) is 0 Å². The van der Waals surface area contributed by atoms with Crippen LogP contribution in [0.5, 0.6) is 0 Å². The molecular formula is C18H18BrClN2. The summed E-state index contributed by atoms with van der Waals surface area (Å²) in [5.74, 6) is 1.04. The van der Waals surface area contributed by atoms with Gasteiger partial charge in [0.25, 0.3) is 0 Å². The van der Waals surface area contributed by atoms with E-state index < -0.39 is 0 Å². The molecule has 0 spiro atoms. The number of anilines is 1. The van der Waals surface area contributed by atoms with Crippen molar-refractivity contribution in [2.75, 3.05) is 5.32 Å². The molecule has 0 fully saturated rings. The number of rotatable bonds is 2. The lowest BCUT2D eigenvalue weighted by Gasteiger charge is -2.11. The van der Waals surface area contributed by atoms with Gasteiger partial charge in [-0.05, 0) is 65.5 Å². The third kappa shape index (κ3) is 3.36. The minimum absolute atomic E-state index is 0.258. The van der Waals surface area contributed by atoms with Crippen molar-refractivity contribution in [2.24, 2.45) is 4.99 Å². The van der Waals surface area contributed by atoms with Gasteiger partial charge in [-0.25, -0.2) is 0 Å². The molecule has 2 aromatic rings. The summed E-state index contributed by atoms with van der Waals surface area (Å²) in [5, 5.41) is 4.14. The van der Waals surface area contributed by atoms with Crippen molar-refractivity contribution in [3.05, 3.63) is 62.6 Å². The Labute approximate surface area is 144 Å². The van der Waals surface area contributed by atoms with Crippen molar-refractivity contribution >= 4 is 39.1 Å². The van der Waals surface area contributed by atoms with E-state index >= 15 is 0 Å². The summed E-state index contributed by atoms with van der Waals surface area (Å²) in [6, 6.07) is 12.6. The first kappa shape index (κ1) is 15.6. The molecule has 22 heavy (non-hydrogen) atoms. The van der Waals surface area contributed by atoms with E-state index in [1.54, 1.807) is 0 Å².